The molecule has 1 aliphatic rings. The van der Waals surface area contributed by atoms with E-state index in [2.05, 4.69) is 11.2 Å². The fraction of sp³-hybridized carbons (Fsp3) is 0.750. The Labute approximate surface area is 96.8 Å². The van der Waals surface area contributed by atoms with Crippen LogP contribution in [-0.2, 0) is 18.4 Å². The van der Waals surface area contributed by atoms with Gasteiger partial charge in [0.1, 0.15) is 0 Å². The SMILES string of the molecule is Cc1cc(COC2CCCCC2N)n(C)n1. The molecular formula is C12H21N3O. The molecule has 0 saturated heterocycles. The summed E-state index contributed by atoms with van der Waals surface area (Å²) < 4.78 is 7.77. The highest BCUT2D eigenvalue weighted by molar-refractivity contribution is 5.07. The molecule has 16 heavy (non-hydrogen) atoms. The second-order valence-corrected chi connectivity index (χ2v) is 4.70. The summed E-state index contributed by atoms with van der Waals surface area (Å²) in [4.78, 5) is 0. The van der Waals surface area contributed by atoms with E-state index in [0.29, 0.717) is 6.61 Å². The molecule has 1 aromatic heterocycles. The van der Waals surface area contributed by atoms with Crippen molar-refractivity contribution in [2.24, 2.45) is 12.8 Å². The summed E-state index contributed by atoms with van der Waals surface area (Å²) in [6.07, 6.45) is 4.89. The van der Waals surface area contributed by atoms with Crippen molar-refractivity contribution in [2.45, 2.75) is 51.4 Å². The van der Waals surface area contributed by atoms with Gasteiger partial charge in [0.05, 0.1) is 24.1 Å². The molecular weight excluding hydrogens is 202 g/mol. The molecule has 2 atom stereocenters. The van der Waals surface area contributed by atoms with Gasteiger partial charge in [-0.15, -0.1) is 0 Å². The predicted octanol–water partition coefficient (Wildman–Crippen LogP) is 1.52. The summed E-state index contributed by atoms with van der Waals surface area (Å²) in [6.45, 7) is 2.62. The van der Waals surface area contributed by atoms with Gasteiger partial charge in [0.15, 0.2) is 0 Å². The number of aromatic nitrogens is 2. The Kier molecular flexibility index (Phi) is 3.61. The van der Waals surface area contributed by atoms with Gasteiger partial charge in [-0.1, -0.05) is 12.8 Å². The summed E-state index contributed by atoms with van der Waals surface area (Å²) in [6, 6.07) is 2.28. The Balaban J connectivity index is 1.89. The molecule has 1 fully saturated rings. The summed E-state index contributed by atoms with van der Waals surface area (Å²) in [5.74, 6) is 0. The zero-order valence-corrected chi connectivity index (χ0v) is 10.1. The minimum Gasteiger partial charge on any atom is -0.370 e. The fourth-order valence-corrected chi connectivity index (χ4v) is 2.32. The quantitative estimate of drug-likeness (QED) is 0.845. The Morgan fingerprint density at radius 1 is 1.50 bits per heavy atom. The zero-order valence-electron chi connectivity index (χ0n) is 10.1. The van der Waals surface area contributed by atoms with E-state index in [0.717, 1.165) is 24.2 Å². The minimum absolute atomic E-state index is 0.211. The van der Waals surface area contributed by atoms with E-state index in [4.69, 9.17) is 10.5 Å². The summed E-state index contributed by atoms with van der Waals surface area (Å²) >= 11 is 0. The van der Waals surface area contributed by atoms with Crippen LogP contribution in [0.15, 0.2) is 6.07 Å². The van der Waals surface area contributed by atoms with Crippen molar-refractivity contribution in [3.63, 3.8) is 0 Å². The van der Waals surface area contributed by atoms with E-state index in [9.17, 15) is 0 Å². The van der Waals surface area contributed by atoms with Crippen LogP contribution in [0.4, 0.5) is 0 Å². The summed E-state index contributed by atoms with van der Waals surface area (Å²) in [5.41, 5.74) is 8.20. The van der Waals surface area contributed by atoms with E-state index in [1.165, 1.54) is 12.8 Å². The van der Waals surface area contributed by atoms with Crippen LogP contribution in [0, 0.1) is 6.92 Å². The van der Waals surface area contributed by atoms with Crippen LogP contribution in [0.1, 0.15) is 37.1 Å². The number of rotatable bonds is 3. The number of hydrogen-bond donors (Lipinski definition) is 1. The Morgan fingerprint density at radius 2 is 2.25 bits per heavy atom. The molecule has 4 heteroatoms. The molecule has 0 spiro atoms. The molecule has 1 aliphatic carbocycles. The van der Waals surface area contributed by atoms with E-state index < -0.39 is 0 Å². The van der Waals surface area contributed by atoms with Crippen LogP contribution in [-0.4, -0.2) is 21.9 Å². The van der Waals surface area contributed by atoms with Crippen LogP contribution in [0.5, 0.6) is 0 Å². The lowest BCUT2D eigenvalue weighted by atomic mass is 9.93. The average molecular weight is 223 g/mol. The number of nitrogens with two attached hydrogens (primary N) is 1. The third kappa shape index (κ3) is 2.62. The topological polar surface area (TPSA) is 53.1 Å². The summed E-state index contributed by atoms with van der Waals surface area (Å²) in [5, 5.41) is 4.30. The first-order chi connectivity index (χ1) is 7.66. The van der Waals surface area contributed by atoms with Gasteiger partial charge in [0.2, 0.25) is 0 Å². The van der Waals surface area contributed by atoms with Gasteiger partial charge in [-0.05, 0) is 25.8 Å². The lowest BCUT2D eigenvalue weighted by Gasteiger charge is -2.28. The van der Waals surface area contributed by atoms with Gasteiger partial charge in [0, 0.05) is 13.1 Å². The number of aryl methyl sites for hydroxylation is 2. The molecule has 1 heterocycles. The van der Waals surface area contributed by atoms with Crippen LogP contribution in [0.25, 0.3) is 0 Å². The van der Waals surface area contributed by atoms with Crippen LogP contribution in [0.3, 0.4) is 0 Å². The molecule has 0 aliphatic heterocycles. The molecule has 0 bridgehead atoms. The van der Waals surface area contributed by atoms with Crippen LogP contribution < -0.4 is 5.73 Å². The molecule has 0 aromatic carbocycles. The van der Waals surface area contributed by atoms with E-state index in [1.54, 1.807) is 0 Å². The van der Waals surface area contributed by atoms with Crippen molar-refractivity contribution in [3.8, 4) is 0 Å². The first-order valence-electron chi connectivity index (χ1n) is 6.03. The van der Waals surface area contributed by atoms with E-state index in [1.807, 2.05) is 18.7 Å². The molecule has 90 valence electrons. The maximum atomic E-state index is 6.04. The lowest BCUT2D eigenvalue weighted by Crippen LogP contribution is -2.39. The van der Waals surface area contributed by atoms with Gasteiger partial charge in [-0.25, -0.2) is 0 Å². The first kappa shape index (κ1) is 11.6. The Hall–Kier alpha value is -0.870. The lowest BCUT2D eigenvalue weighted by molar-refractivity contribution is 0.00132. The van der Waals surface area contributed by atoms with Gasteiger partial charge < -0.3 is 10.5 Å². The van der Waals surface area contributed by atoms with Crippen molar-refractivity contribution >= 4 is 0 Å². The third-order valence-electron chi connectivity index (χ3n) is 3.30. The van der Waals surface area contributed by atoms with Crippen LogP contribution in [0.2, 0.25) is 0 Å². The Morgan fingerprint density at radius 3 is 2.88 bits per heavy atom. The van der Waals surface area contributed by atoms with Gasteiger partial charge in [-0.2, -0.15) is 5.10 Å². The number of nitrogens with zero attached hydrogens (tertiary/aromatic N) is 2. The van der Waals surface area contributed by atoms with E-state index in [-0.39, 0.29) is 12.1 Å². The molecule has 0 radical (unpaired) electrons. The highest BCUT2D eigenvalue weighted by atomic mass is 16.5. The van der Waals surface area contributed by atoms with Crippen molar-refractivity contribution < 1.29 is 4.74 Å². The number of ether oxygens (including phenoxy) is 1. The smallest absolute Gasteiger partial charge is 0.0889 e. The van der Waals surface area contributed by atoms with Crippen molar-refractivity contribution in [2.75, 3.05) is 0 Å². The molecule has 2 unspecified atom stereocenters. The molecule has 1 aromatic rings. The number of hydrogen-bond acceptors (Lipinski definition) is 3. The maximum absolute atomic E-state index is 6.04. The first-order valence-corrected chi connectivity index (χ1v) is 6.03. The normalized spacial score (nSPS) is 25.9. The van der Waals surface area contributed by atoms with Crippen molar-refractivity contribution in [1.29, 1.82) is 0 Å². The molecule has 2 rings (SSSR count). The largest absolute Gasteiger partial charge is 0.370 e. The van der Waals surface area contributed by atoms with Gasteiger partial charge in [0.25, 0.3) is 0 Å². The van der Waals surface area contributed by atoms with Gasteiger partial charge >= 0.3 is 0 Å². The third-order valence-corrected chi connectivity index (χ3v) is 3.30. The fourth-order valence-electron chi connectivity index (χ4n) is 2.32. The molecule has 0 amide bonds. The van der Waals surface area contributed by atoms with Crippen molar-refractivity contribution in [1.82, 2.24) is 9.78 Å². The van der Waals surface area contributed by atoms with Crippen LogP contribution >= 0.6 is 0 Å². The Bertz CT molecular complexity index is 348. The van der Waals surface area contributed by atoms with E-state index >= 15 is 0 Å². The monoisotopic (exact) mass is 223 g/mol. The predicted molar refractivity (Wildman–Crippen MR) is 63.0 cm³/mol. The zero-order chi connectivity index (χ0) is 11.5. The second kappa shape index (κ2) is 4.97. The highest BCUT2D eigenvalue weighted by Crippen LogP contribution is 2.20. The van der Waals surface area contributed by atoms with Crippen molar-refractivity contribution in [3.05, 3.63) is 17.5 Å². The minimum atomic E-state index is 0.211. The molecule has 4 nitrogen and oxygen atoms in total. The molecule has 1 saturated carbocycles. The second-order valence-electron chi connectivity index (χ2n) is 4.70. The van der Waals surface area contributed by atoms with Gasteiger partial charge in [-0.3, -0.25) is 4.68 Å². The summed E-state index contributed by atoms with van der Waals surface area (Å²) in [7, 11) is 1.95. The highest BCUT2D eigenvalue weighted by Gasteiger charge is 2.22. The molecule has 2 N–H and O–H groups in total. The maximum Gasteiger partial charge on any atom is 0.0889 e. The standard InChI is InChI=1S/C12H21N3O/c1-9-7-10(15(2)14-9)8-16-12-6-4-3-5-11(12)13/h7,11-12H,3-6,8,13H2,1-2H3. The average Bonchev–Trinajstić information content (AvgIpc) is 2.56.